The minimum absolute atomic E-state index is 0.106. The third-order valence-corrected chi connectivity index (χ3v) is 4.79. The molecule has 0 saturated heterocycles. The molecule has 8 heteroatoms. The van der Waals surface area contributed by atoms with Crippen molar-refractivity contribution in [2.75, 3.05) is 16.0 Å². The van der Waals surface area contributed by atoms with E-state index in [1.54, 1.807) is 18.3 Å². The minimum Gasteiger partial charge on any atom is -0.362 e. The summed E-state index contributed by atoms with van der Waals surface area (Å²) in [6, 6.07) is 9.75. The van der Waals surface area contributed by atoms with E-state index in [-0.39, 0.29) is 11.9 Å². The van der Waals surface area contributed by atoms with Gasteiger partial charge in [-0.2, -0.15) is 0 Å². The van der Waals surface area contributed by atoms with E-state index in [0.717, 1.165) is 16.3 Å². The van der Waals surface area contributed by atoms with Gasteiger partial charge in [0.15, 0.2) is 11.6 Å². The lowest BCUT2D eigenvalue weighted by Crippen LogP contribution is -2.37. The molecule has 25 heavy (non-hydrogen) atoms. The van der Waals surface area contributed by atoms with Crippen LogP contribution in [0, 0.1) is 0 Å². The minimum atomic E-state index is -0.317. The zero-order valence-corrected chi connectivity index (χ0v) is 14.3. The average Bonchev–Trinajstić information content (AvgIpc) is 3.11. The summed E-state index contributed by atoms with van der Waals surface area (Å²) in [6.07, 6.45) is 1.47. The lowest BCUT2D eigenvalue weighted by Gasteiger charge is -2.24. The molecule has 2 aromatic heterocycles. The van der Waals surface area contributed by atoms with Crippen LogP contribution >= 0.6 is 11.3 Å². The molecule has 3 aromatic rings. The van der Waals surface area contributed by atoms with E-state index >= 15 is 0 Å². The number of carbonyl (C=O) groups excluding carboxylic acids is 1. The van der Waals surface area contributed by atoms with Crippen LogP contribution in [0.4, 0.5) is 17.3 Å². The first-order valence-corrected chi connectivity index (χ1v) is 8.75. The highest BCUT2D eigenvalue weighted by atomic mass is 32.1. The van der Waals surface area contributed by atoms with Gasteiger partial charge in [-0.1, -0.05) is 30.3 Å². The molecule has 0 saturated carbocycles. The van der Waals surface area contributed by atoms with Gasteiger partial charge in [0.25, 0.3) is 0 Å². The van der Waals surface area contributed by atoms with Crippen molar-refractivity contribution in [1.29, 1.82) is 0 Å². The van der Waals surface area contributed by atoms with E-state index in [0.29, 0.717) is 23.9 Å². The Morgan fingerprint density at radius 2 is 2.08 bits per heavy atom. The number of hydrogen-bond donors (Lipinski definition) is 3. The topological polar surface area (TPSA) is 91.8 Å². The maximum atomic E-state index is 11.9. The average molecular weight is 352 g/mol. The summed E-state index contributed by atoms with van der Waals surface area (Å²) in [5.41, 5.74) is 2.59. The molecule has 126 valence electrons. The van der Waals surface area contributed by atoms with Gasteiger partial charge >= 0.3 is 0 Å². The number of hydrogen-bond acceptors (Lipinski definition) is 7. The molecular formula is C17H16N6OS. The van der Waals surface area contributed by atoms with Crippen molar-refractivity contribution in [1.82, 2.24) is 15.0 Å². The van der Waals surface area contributed by atoms with Gasteiger partial charge in [-0.05, 0) is 6.92 Å². The molecule has 1 unspecified atom stereocenters. The van der Waals surface area contributed by atoms with Gasteiger partial charge < -0.3 is 16.0 Å². The van der Waals surface area contributed by atoms with Gasteiger partial charge in [0.2, 0.25) is 5.91 Å². The molecule has 4 rings (SSSR count). The van der Waals surface area contributed by atoms with Crippen LogP contribution in [0.1, 0.15) is 12.6 Å². The van der Waals surface area contributed by atoms with Crippen molar-refractivity contribution < 1.29 is 4.79 Å². The van der Waals surface area contributed by atoms with E-state index in [4.69, 9.17) is 0 Å². The van der Waals surface area contributed by atoms with E-state index in [1.165, 1.54) is 6.33 Å². The van der Waals surface area contributed by atoms with Crippen LogP contribution in [-0.4, -0.2) is 26.9 Å². The molecule has 0 aliphatic carbocycles. The second kappa shape index (κ2) is 6.48. The smallest absolute Gasteiger partial charge is 0.246 e. The van der Waals surface area contributed by atoms with Crippen LogP contribution in [-0.2, 0) is 11.3 Å². The summed E-state index contributed by atoms with van der Waals surface area (Å²) >= 11 is 1.60. The first-order valence-electron chi connectivity index (χ1n) is 7.87. The molecule has 3 heterocycles. The predicted octanol–water partition coefficient (Wildman–Crippen LogP) is 2.96. The molecular weight excluding hydrogens is 336 g/mol. The fourth-order valence-corrected chi connectivity index (χ4v) is 3.35. The monoisotopic (exact) mass is 352 g/mol. The van der Waals surface area contributed by atoms with Crippen molar-refractivity contribution in [3.05, 3.63) is 47.7 Å². The standard InChI is InChI=1S/C17H16N6OS/c1-10-16(24)23-13-14(19-9-20-15(13)21-10)18-7-12-8-25-17(22-12)11-5-3-2-4-6-11/h2-6,8-10H,7H2,1H3,(H,23,24)(H2,18,19,20,21). The highest BCUT2D eigenvalue weighted by molar-refractivity contribution is 7.13. The molecule has 1 atom stereocenters. The molecule has 0 spiro atoms. The summed E-state index contributed by atoms with van der Waals surface area (Å²) in [6.45, 7) is 2.30. The Morgan fingerprint density at radius 1 is 1.24 bits per heavy atom. The SMILES string of the molecule is CC1Nc2ncnc(NCc3csc(-c4ccccc4)n3)c2NC1=O. The van der Waals surface area contributed by atoms with Crippen molar-refractivity contribution in [2.45, 2.75) is 19.5 Å². The molecule has 0 radical (unpaired) electrons. The summed E-state index contributed by atoms with van der Waals surface area (Å²) in [5, 5.41) is 12.1. The number of amides is 1. The zero-order valence-electron chi connectivity index (χ0n) is 13.5. The molecule has 1 aliphatic rings. The van der Waals surface area contributed by atoms with Crippen LogP contribution in [0.2, 0.25) is 0 Å². The summed E-state index contributed by atoms with van der Waals surface area (Å²) < 4.78 is 0. The Kier molecular flexibility index (Phi) is 4.02. The Morgan fingerprint density at radius 3 is 2.92 bits per heavy atom. The number of fused-ring (bicyclic) bond motifs is 1. The second-order valence-electron chi connectivity index (χ2n) is 5.66. The second-order valence-corrected chi connectivity index (χ2v) is 6.52. The van der Waals surface area contributed by atoms with Crippen LogP contribution in [0.5, 0.6) is 0 Å². The molecule has 0 bridgehead atoms. The van der Waals surface area contributed by atoms with Crippen molar-refractivity contribution in [3.63, 3.8) is 0 Å². The predicted molar refractivity (Wildman–Crippen MR) is 98.6 cm³/mol. The third kappa shape index (κ3) is 3.16. The Bertz CT molecular complexity index is 911. The van der Waals surface area contributed by atoms with Crippen molar-refractivity contribution in [3.8, 4) is 10.6 Å². The molecule has 1 amide bonds. The lowest BCUT2D eigenvalue weighted by molar-refractivity contribution is -0.116. The zero-order chi connectivity index (χ0) is 17.2. The first-order chi connectivity index (χ1) is 12.2. The van der Waals surface area contributed by atoms with Gasteiger partial charge in [-0.3, -0.25) is 4.79 Å². The van der Waals surface area contributed by atoms with Crippen LogP contribution in [0.15, 0.2) is 42.0 Å². The van der Waals surface area contributed by atoms with Crippen LogP contribution in [0.3, 0.4) is 0 Å². The molecule has 3 N–H and O–H groups in total. The molecule has 7 nitrogen and oxygen atoms in total. The van der Waals surface area contributed by atoms with Crippen LogP contribution < -0.4 is 16.0 Å². The highest BCUT2D eigenvalue weighted by Gasteiger charge is 2.25. The number of benzene rings is 1. The van der Waals surface area contributed by atoms with E-state index in [1.807, 2.05) is 35.7 Å². The van der Waals surface area contributed by atoms with E-state index < -0.39 is 0 Å². The van der Waals surface area contributed by atoms with Gasteiger partial charge in [0.05, 0.1) is 12.2 Å². The van der Waals surface area contributed by atoms with Gasteiger partial charge in [-0.15, -0.1) is 11.3 Å². The van der Waals surface area contributed by atoms with Gasteiger partial charge in [0.1, 0.15) is 23.1 Å². The molecule has 1 aromatic carbocycles. The number of aromatic nitrogens is 3. The van der Waals surface area contributed by atoms with Crippen molar-refractivity contribution in [2.24, 2.45) is 0 Å². The summed E-state index contributed by atoms with van der Waals surface area (Å²) in [7, 11) is 0. The Balaban J connectivity index is 1.50. The fourth-order valence-electron chi connectivity index (χ4n) is 2.53. The van der Waals surface area contributed by atoms with Gasteiger partial charge in [-0.25, -0.2) is 15.0 Å². The van der Waals surface area contributed by atoms with E-state index in [2.05, 4.69) is 30.9 Å². The quantitative estimate of drug-likeness (QED) is 0.669. The number of nitrogens with zero attached hydrogens (tertiary/aromatic N) is 3. The van der Waals surface area contributed by atoms with E-state index in [9.17, 15) is 4.79 Å². The van der Waals surface area contributed by atoms with Crippen molar-refractivity contribution >= 4 is 34.6 Å². The fraction of sp³-hybridized carbons (Fsp3) is 0.176. The lowest BCUT2D eigenvalue weighted by atomic mass is 10.2. The largest absolute Gasteiger partial charge is 0.362 e. The number of nitrogens with one attached hydrogen (secondary N) is 3. The summed E-state index contributed by atoms with van der Waals surface area (Å²) in [4.78, 5) is 24.9. The highest BCUT2D eigenvalue weighted by Crippen LogP contribution is 2.31. The van der Waals surface area contributed by atoms with Crippen LogP contribution in [0.25, 0.3) is 10.6 Å². The molecule has 1 aliphatic heterocycles. The Hall–Kier alpha value is -3.00. The first kappa shape index (κ1) is 15.5. The number of carbonyl (C=O) groups is 1. The number of thiazole rings is 1. The molecule has 0 fully saturated rings. The maximum Gasteiger partial charge on any atom is 0.246 e. The summed E-state index contributed by atoms with van der Waals surface area (Å²) in [5.74, 6) is 1.09. The third-order valence-electron chi connectivity index (χ3n) is 3.85. The number of rotatable bonds is 4. The maximum absolute atomic E-state index is 11.9. The van der Waals surface area contributed by atoms with Gasteiger partial charge in [0, 0.05) is 10.9 Å². The Labute approximate surface area is 148 Å². The number of anilines is 3. The normalized spacial score (nSPS) is 15.9.